The van der Waals surface area contributed by atoms with Crippen LogP contribution in [0, 0.1) is 29.1 Å². The second-order valence-corrected chi connectivity index (χ2v) is 10.4. The second kappa shape index (κ2) is 7.50. The molecular formula is C24H31ClN2O. The number of carbonyl (C=O) groups is 1. The standard InChI is InChI=1S/C24H31ClN2O/c25-22-4-3-16(6-17-2-1-5-26-14-17)10-21(22)23(28)27-15-24-11-18-7-19(12-24)9-20(8-18)13-24/h1-4,10,17-20,26H,5-9,11-15H2,(H,27,28). The van der Waals surface area contributed by atoms with Crippen molar-refractivity contribution in [2.75, 3.05) is 19.6 Å². The third-order valence-corrected chi connectivity index (χ3v) is 7.97. The van der Waals surface area contributed by atoms with E-state index >= 15 is 0 Å². The van der Waals surface area contributed by atoms with Gasteiger partial charge in [0.2, 0.25) is 0 Å². The molecule has 0 spiro atoms. The van der Waals surface area contributed by atoms with Crippen LogP contribution in [0.15, 0.2) is 30.4 Å². The third-order valence-electron chi connectivity index (χ3n) is 7.64. The van der Waals surface area contributed by atoms with Crippen molar-refractivity contribution < 1.29 is 4.79 Å². The Morgan fingerprint density at radius 2 is 1.86 bits per heavy atom. The van der Waals surface area contributed by atoms with E-state index in [9.17, 15) is 4.79 Å². The predicted molar refractivity (Wildman–Crippen MR) is 114 cm³/mol. The number of hydrogen-bond acceptors (Lipinski definition) is 2. The molecule has 0 saturated heterocycles. The molecule has 1 amide bonds. The number of amides is 1. The third kappa shape index (κ3) is 3.76. The van der Waals surface area contributed by atoms with E-state index in [4.69, 9.17) is 11.6 Å². The average Bonchev–Trinajstić information content (AvgIpc) is 2.67. The Labute approximate surface area is 173 Å². The van der Waals surface area contributed by atoms with Crippen molar-refractivity contribution in [2.24, 2.45) is 29.1 Å². The molecule has 28 heavy (non-hydrogen) atoms. The van der Waals surface area contributed by atoms with Gasteiger partial charge in [0.15, 0.2) is 0 Å². The molecule has 2 N–H and O–H groups in total. The fraction of sp³-hybridized carbons (Fsp3) is 0.625. The molecule has 150 valence electrons. The smallest absolute Gasteiger partial charge is 0.252 e. The molecule has 1 heterocycles. The molecule has 1 aliphatic heterocycles. The number of rotatable bonds is 5. The van der Waals surface area contributed by atoms with Crippen molar-refractivity contribution in [1.29, 1.82) is 0 Å². The molecule has 0 radical (unpaired) electrons. The van der Waals surface area contributed by atoms with Crippen LogP contribution >= 0.6 is 11.6 Å². The SMILES string of the molecule is O=C(NCC12CC3CC(CC(C3)C1)C2)c1cc(CC2C=CCNC2)ccc1Cl. The Balaban J connectivity index is 1.25. The van der Waals surface area contributed by atoms with Gasteiger partial charge in [0.05, 0.1) is 10.6 Å². The van der Waals surface area contributed by atoms with Crippen molar-refractivity contribution in [3.05, 3.63) is 46.5 Å². The maximum Gasteiger partial charge on any atom is 0.252 e. The van der Waals surface area contributed by atoms with E-state index in [1.165, 1.54) is 44.1 Å². The van der Waals surface area contributed by atoms with Gasteiger partial charge >= 0.3 is 0 Å². The highest BCUT2D eigenvalue weighted by atomic mass is 35.5. The van der Waals surface area contributed by atoms with Gasteiger partial charge in [0.1, 0.15) is 0 Å². The number of benzene rings is 1. The van der Waals surface area contributed by atoms with Gasteiger partial charge in [-0.2, -0.15) is 0 Å². The first-order valence-electron chi connectivity index (χ1n) is 11.0. The van der Waals surface area contributed by atoms with E-state index in [1.54, 1.807) is 0 Å². The van der Waals surface area contributed by atoms with E-state index < -0.39 is 0 Å². The number of hydrogen-bond donors (Lipinski definition) is 2. The highest BCUT2D eigenvalue weighted by Crippen LogP contribution is 2.59. The van der Waals surface area contributed by atoms with Gasteiger partial charge in [-0.3, -0.25) is 4.79 Å². The lowest BCUT2D eigenvalue weighted by Crippen LogP contribution is -2.51. The molecule has 1 atom stereocenters. The summed E-state index contributed by atoms with van der Waals surface area (Å²) in [4.78, 5) is 13.0. The summed E-state index contributed by atoms with van der Waals surface area (Å²) in [6, 6.07) is 5.94. The molecule has 4 aliphatic carbocycles. The molecule has 3 nitrogen and oxygen atoms in total. The number of nitrogens with one attached hydrogen (secondary N) is 2. The maximum absolute atomic E-state index is 13.0. The summed E-state index contributed by atoms with van der Waals surface area (Å²) in [5, 5.41) is 7.23. The first-order chi connectivity index (χ1) is 13.6. The van der Waals surface area contributed by atoms with Crippen molar-refractivity contribution in [3.63, 3.8) is 0 Å². The Morgan fingerprint density at radius 1 is 1.14 bits per heavy atom. The summed E-state index contributed by atoms with van der Waals surface area (Å²) >= 11 is 6.40. The van der Waals surface area contributed by atoms with Gasteiger partial charge in [-0.1, -0.05) is 29.8 Å². The van der Waals surface area contributed by atoms with Gasteiger partial charge in [0, 0.05) is 19.6 Å². The van der Waals surface area contributed by atoms with Crippen LogP contribution in [0.1, 0.15) is 54.4 Å². The van der Waals surface area contributed by atoms with Crippen LogP contribution in [0.25, 0.3) is 0 Å². The van der Waals surface area contributed by atoms with Gasteiger partial charge in [0.25, 0.3) is 5.91 Å². The summed E-state index contributed by atoms with van der Waals surface area (Å²) in [5.41, 5.74) is 2.17. The monoisotopic (exact) mass is 398 g/mol. The van der Waals surface area contributed by atoms with Gasteiger partial charge in [-0.05, 0) is 91.7 Å². The quantitative estimate of drug-likeness (QED) is 0.711. The lowest BCUT2D eigenvalue weighted by Gasteiger charge is -2.56. The van der Waals surface area contributed by atoms with Crippen LogP contribution in [0.2, 0.25) is 5.02 Å². The zero-order chi connectivity index (χ0) is 19.1. The van der Waals surface area contributed by atoms with E-state index in [-0.39, 0.29) is 5.91 Å². The normalized spacial score (nSPS) is 35.9. The fourth-order valence-corrected chi connectivity index (χ4v) is 7.07. The molecule has 5 aliphatic rings. The summed E-state index contributed by atoms with van der Waals surface area (Å²) in [6.45, 7) is 2.77. The molecule has 1 aromatic carbocycles. The van der Waals surface area contributed by atoms with Gasteiger partial charge in [-0.15, -0.1) is 0 Å². The van der Waals surface area contributed by atoms with Crippen LogP contribution in [0.5, 0.6) is 0 Å². The molecule has 6 rings (SSSR count). The lowest BCUT2D eigenvalue weighted by atomic mass is 9.49. The minimum Gasteiger partial charge on any atom is -0.351 e. The van der Waals surface area contributed by atoms with Gasteiger partial charge in [-0.25, -0.2) is 0 Å². The zero-order valence-electron chi connectivity index (χ0n) is 16.6. The minimum absolute atomic E-state index is 0.0000864. The number of carbonyl (C=O) groups excluding carboxylic acids is 1. The average molecular weight is 399 g/mol. The highest BCUT2D eigenvalue weighted by Gasteiger charge is 2.50. The lowest BCUT2D eigenvalue weighted by molar-refractivity contribution is -0.0503. The maximum atomic E-state index is 13.0. The fourth-order valence-electron chi connectivity index (χ4n) is 6.87. The van der Waals surface area contributed by atoms with E-state index in [2.05, 4.69) is 28.9 Å². The first kappa shape index (κ1) is 18.7. The molecular weight excluding hydrogens is 368 g/mol. The Bertz CT molecular complexity index is 752. The van der Waals surface area contributed by atoms with Crippen LogP contribution in [0.4, 0.5) is 0 Å². The van der Waals surface area contributed by atoms with E-state index in [0.717, 1.165) is 43.8 Å². The summed E-state index contributed by atoms with van der Waals surface area (Å²) in [6.07, 6.45) is 13.6. The van der Waals surface area contributed by atoms with Gasteiger partial charge < -0.3 is 10.6 Å². The van der Waals surface area contributed by atoms with E-state index in [1.807, 2.05) is 12.1 Å². The topological polar surface area (TPSA) is 41.1 Å². The summed E-state index contributed by atoms with van der Waals surface area (Å²) in [5.74, 6) is 3.21. The van der Waals surface area contributed by atoms with Crippen molar-refractivity contribution in [2.45, 2.75) is 44.9 Å². The van der Waals surface area contributed by atoms with E-state index in [0.29, 0.717) is 21.9 Å². The van der Waals surface area contributed by atoms with Crippen molar-refractivity contribution >= 4 is 17.5 Å². The van der Waals surface area contributed by atoms with Crippen molar-refractivity contribution in [1.82, 2.24) is 10.6 Å². The minimum atomic E-state index is -0.0000864. The molecule has 0 aromatic heterocycles. The number of halogens is 1. The Morgan fingerprint density at radius 3 is 2.50 bits per heavy atom. The van der Waals surface area contributed by atoms with Crippen LogP contribution in [-0.4, -0.2) is 25.5 Å². The van der Waals surface area contributed by atoms with Crippen LogP contribution < -0.4 is 10.6 Å². The van der Waals surface area contributed by atoms with Crippen LogP contribution in [-0.2, 0) is 6.42 Å². The second-order valence-electron chi connectivity index (χ2n) is 9.97. The highest BCUT2D eigenvalue weighted by molar-refractivity contribution is 6.33. The Kier molecular flexibility index (Phi) is 5.00. The zero-order valence-corrected chi connectivity index (χ0v) is 17.3. The first-order valence-corrected chi connectivity index (χ1v) is 11.4. The molecule has 1 unspecified atom stereocenters. The van der Waals surface area contributed by atoms with Crippen molar-refractivity contribution in [3.8, 4) is 0 Å². The molecule has 4 heteroatoms. The molecule has 4 fully saturated rings. The summed E-state index contributed by atoms with van der Waals surface area (Å²) < 4.78 is 0. The molecule has 4 bridgehead atoms. The Hall–Kier alpha value is -1.32. The summed E-state index contributed by atoms with van der Waals surface area (Å²) in [7, 11) is 0. The predicted octanol–water partition coefficient (Wildman–Crippen LogP) is 4.60. The largest absolute Gasteiger partial charge is 0.351 e. The van der Waals surface area contributed by atoms with Crippen LogP contribution in [0.3, 0.4) is 0 Å². The molecule has 1 aromatic rings. The molecule has 4 saturated carbocycles.